The largest absolute Gasteiger partial charge is 0.482 e. The monoisotopic (exact) mass is 411 g/mol. The van der Waals surface area contributed by atoms with E-state index >= 15 is 0 Å². The van der Waals surface area contributed by atoms with Crippen molar-refractivity contribution in [2.45, 2.75) is 52.2 Å². The molecule has 0 N–H and O–H groups in total. The second-order valence-corrected chi connectivity index (χ2v) is 9.83. The van der Waals surface area contributed by atoms with Crippen LogP contribution in [-0.4, -0.2) is 62.5 Å². The van der Waals surface area contributed by atoms with E-state index in [0.717, 1.165) is 5.56 Å². The Hall–Kier alpha value is -2.09. The predicted molar refractivity (Wildman–Crippen MR) is 106 cm³/mol. The Morgan fingerprint density at radius 1 is 1.25 bits per heavy atom. The summed E-state index contributed by atoms with van der Waals surface area (Å²) >= 11 is 0. The van der Waals surface area contributed by atoms with Crippen molar-refractivity contribution in [1.82, 2.24) is 4.90 Å². The number of aryl methyl sites for hydroxylation is 1. The van der Waals surface area contributed by atoms with Crippen LogP contribution in [-0.2, 0) is 24.2 Å². The van der Waals surface area contributed by atoms with Crippen molar-refractivity contribution in [3.63, 3.8) is 0 Å². The van der Waals surface area contributed by atoms with Gasteiger partial charge in [-0.25, -0.2) is 13.2 Å². The van der Waals surface area contributed by atoms with E-state index in [9.17, 15) is 18.0 Å². The van der Waals surface area contributed by atoms with E-state index in [1.807, 2.05) is 19.1 Å². The maximum atomic E-state index is 12.4. The molecule has 1 aliphatic heterocycles. The molecule has 0 radical (unpaired) electrons. The molecule has 1 aromatic carbocycles. The number of ether oxygens (including phenoxy) is 2. The molecule has 0 aliphatic carbocycles. The highest BCUT2D eigenvalue weighted by atomic mass is 32.2. The van der Waals surface area contributed by atoms with Gasteiger partial charge in [0.2, 0.25) is 0 Å². The summed E-state index contributed by atoms with van der Waals surface area (Å²) in [5.74, 6) is -0.0906. The van der Waals surface area contributed by atoms with Crippen LogP contribution in [0.1, 0.15) is 44.2 Å². The van der Waals surface area contributed by atoms with Gasteiger partial charge in [0.05, 0.1) is 11.5 Å². The van der Waals surface area contributed by atoms with Gasteiger partial charge in [-0.2, -0.15) is 0 Å². The molecule has 28 heavy (non-hydrogen) atoms. The van der Waals surface area contributed by atoms with Crippen molar-refractivity contribution in [3.05, 3.63) is 29.3 Å². The third kappa shape index (κ3) is 5.70. The Labute approximate surface area is 166 Å². The molecule has 1 aromatic rings. The molecule has 0 unspecified atom stereocenters. The molecule has 156 valence electrons. The number of amides is 1. The Morgan fingerprint density at radius 3 is 2.46 bits per heavy atom. The summed E-state index contributed by atoms with van der Waals surface area (Å²) in [5, 5.41) is 0. The first-order valence-corrected chi connectivity index (χ1v) is 11.2. The number of rotatable bonds is 7. The van der Waals surface area contributed by atoms with Gasteiger partial charge in [0.1, 0.15) is 5.75 Å². The van der Waals surface area contributed by atoms with Crippen LogP contribution in [0.15, 0.2) is 18.2 Å². The van der Waals surface area contributed by atoms with E-state index in [-0.39, 0.29) is 24.2 Å². The standard InChI is InChI=1S/C20H29NO6S/c1-13(2)18-7-6-17(10-14(18)3)26-11-19(22)27-15(4)20(23)21(5)16-8-9-28(24,25)12-16/h6-7,10,13,15-16H,8-9,11-12H2,1-5H3/t15-,16-/m0/s1. The van der Waals surface area contributed by atoms with Crippen LogP contribution in [0.2, 0.25) is 0 Å². The lowest BCUT2D eigenvalue weighted by atomic mass is 9.98. The molecule has 0 spiro atoms. The number of carbonyl (C=O) groups excluding carboxylic acids is 2. The van der Waals surface area contributed by atoms with Gasteiger partial charge < -0.3 is 14.4 Å². The van der Waals surface area contributed by atoms with Crippen molar-refractivity contribution >= 4 is 21.7 Å². The lowest BCUT2D eigenvalue weighted by molar-refractivity contribution is -0.160. The zero-order valence-electron chi connectivity index (χ0n) is 17.1. The third-order valence-electron chi connectivity index (χ3n) is 4.98. The zero-order chi connectivity index (χ0) is 21.1. The second kappa shape index (κ2) is 8.94. The molecule has 1 saturated heterocycles. The molecular formula is C20H29NO6S. The van der Waals surface area contributed by atoms with Crippen LogP contribution in [0.3, 0.4) is 0 Å². The molecule has 1 aliphatic rings. The van der Waals surface area contributed by atoms with E-state index in [1.165, 1.54) is 24.4 Å². The number of esters is 1. The number of benzene rings is 1. The minimum absolute atomic E-state index is 0.0509. The summed E-state index contributed by atoms with van der Waals surface area (Å²) in [6, 6.07) is 5.26. The van der Waals surface area contributed by atoms with E-state index in [1.54, 1.807) is 6.07 Å². The van der Waals surface area contributed by atoms with E-state index in [4.69, 9.17) is 9.47 Å². The van der Waals surface area contributed by atoms with E-state index < -0.39 is 27.8 Å². The van der Waals surface area contributed by atoms with Crippen molar-refractivity contribution < 1.29 is 27.5 Å². The Morgan fingerprint density at radius 2 is 1.93 bits per heavy atom. The average molecular weight is 412 g/mol. The number of hydrogen-bond donors (Lipinski definition) is 0. The fourth-order valence-electron chi connectivity index (χ4n) is 3.36. The summed E-state index contributed by atoms with van der Waals surface area (Å²) < 4.78 is 33.8. The van der Waals surface area contributed by atoms with Gasteiger partial charge in [0.25, 0.3) is 5.91 Å². The maximum Gasteiger partial charge on any atom is 0.344 e. The smallest absolute Gasteiger partial charge is 0.344 e. The average Bonchev–Trinajstić information content (AvgIpc) is 2.98. The minimum Gasteiger partial charge on any atom is -0.482 e. The molecule has 1 heterocycles. The number of hydrogen-bond acceptors (Lipinski definition) is 6. The number of likely N-dealkylation sites (N-methyl/N-ethyl adjacent to an activating group) is 1. The van der Waals surface area contributed by atoms with E-state index in [2.05, 4.69) is 13.8 Å². The molecular weight excluding hydrogens is 382 g/mol. The highest BCUT2D eigenvalue weighted by Crippen LogP contribution is 2.23. The Kier molecular flexibility index (Phi) is 7.09. The summed E-state index contributed by atoms with van der Waals surface area (Å²) in [6.45, 7) is 7.37. The molecule has 7 nitrogen and oxygen atoms in total. The van der Waals surface area contributed by atoms with Gasteiger partial charge in [-0.1, -0.05) is 19.9 Å². The third-order valence-corrected chi connectivity index (χ3v) is 6.73. The molecule has 0 bridgehead atoms. The van der Waals surface area contributed by atoms with Crippen LogP contribution in [0.25, 0.3) is 0 Å². The highest BCUT2D eigenvalue weighted by Gasteiger charge is 2.34. The fourth-order valence-corrected chi connectivity index (χ4v) is 5.13. The number of carbonyl (C=O) groups is 2. The molecule has 2 rings (SSSR count). The quantitative estimate of drug-likeness (QED) is 0.638. The Balaban J connectivity index is 1.85. The van der Waals surface area contributed by atoms with Crippen molar-refractivity contribution in [2.75, 3.05) is 25.2 Å². The lowest BCUT2D eigenvalue weighted by Gasteiger charge is -2.26. The molecule has 1 amide bonds. The van der Waals surface area contributed by atoms with Gasteiger partial charge in [-0.15, -0.1) is 0 Å². The predicted octanol–water partition coefficient (Wildman–Crippen LogP) is 2.07. The molecule has 2 atom stereocenters. The molecule has 0 aromatic heterocycles. The van der Waals surface area contributed by atoms with Crippen LogP contribution in [0.4, 0.5) is 0 Å². The summed E-state index contributed by atoms with van der Waals surface area (Å²) in [6.07, 6.45) is -0.602. The topological polar surface area (TPSA) is 90.0 Å². The molecule has 8 heteroatoms. The number of sulfone groups is 1. The highest BCUT2D eigenvalue weighted by molar-refractivity contribution is 7.91. The lowest BCUT2D eigenvalue weighted by Crippen LogP contribution is -2.44. The molecule has 0 saturated carbocycles. The van der Waals surface area contributed by atoms with Crippen molar-refractivity contribution in [3.8, 4) is 5.75 Å². The van der Waals surface area contributed by atoms with E-state index in [0.29, 0.717) is 18.1 Å². The number of nitrogens with zero attached hydrogens (tertiary/aromatic N) is 1. The maximum absolute atomic E-state index is 12.4. The van der Waals surface area contributed by atoms with Gasteiger partial charge in [0, 0.05) is 13.1 Å². The zero-order valence-corrected chi connectivity index (χ0v) is 17.9. The van der Waals surface area contributed by atoms with Crippen LogP contribution in [0.5, 0.6) is 5.75 Å². The minimum atomic E-state index is -3.10. The normalized spacial score (nSPS) is 19.3. The first-order chi connectivity index (χ1) is 13.0. The van der Waals surface area contributed by atoms with Crippen molar-refractivity contribution in [2.24, 2.45) is 0 Å². The van der Waals surface area contributed by atoms with Gasteiger partial charge in [-0.05, 0) is 49.4 Å². The fraction of sp³-hybridized carbons (Fsp3) is 0.600. The van der Waals surface area contributed by atoms with Gasteiger partial charge >= 0.3 is 5.97 Å². The summed E-state index contributed by atoms with van der Waals surface area (Å²) in [4.78, 5) is 25.8. The first-order valence-electron chi connectivity index (χ1n) is 9.40. The SMILES string of the molecule is Cc1cc(OCC(=O)O[C@@H](C)C(=O)N(C)[C@H]2CCS(=O)(=O)C2)ccc1C(C)C. The van der Waals surface area contributed by atoms with Crippen molar-refractivity contribution in [1.29, 1.82) is 0 Å². The van der Waals surface area contributed by atoms with Crippen LogP contribution >= 0.6 is 0 Å². The van der Waals surface area contributed by atoms with Gasteiger partial charge in [0.15, 0.2) is 22.5 Å². The molecule has 1 fully saturated rings. The van der Waals surface area contributed by atoms with Crippen LogP contribution < -0.4 is 4.74 Å². The van der Waals surface area contributed by atoms with Crippen LogP contribution in [0, 0.1) is 6.92 Å². The first kappa shape index (κ1) is 22.2. The second-order valence-electron chi connectivity index (χ2n) is 7.60. The Bertz CT molecular complexity index is 833. The summed E-state index contributed by atoms with van der Waals surface area (Å²) in [5.41, 5.74) is 2.30. The van der Waals surface area contributed by atoms with Gasteiger partial charge in [-0.3, -0.25) is 4.79 Å². The summed E-state index contributed by atoms with van der Waals surface area (Å²) in [7, 11) is -1.56.